The molecule has 1 aliphatic rings. The second kappa shape index (κ2) is 6.69. The molecule has 8 heteroatoms. The van der Waals surface area contributed by atoms with Crippen LogP contribution in [0.25, 0.3) is 11.3 Å². The van der Waals surface area contributed by atoms with Crippen molar-refractivity contribution >= 4 is 22.4 Å². The van der Waals surface area contributed by atoms with Gasteiger partial charge in [-0.1, -0.05) is 0 Å². The van der Waals surface area contributed by atoms with Crippen LogP contribution in [0.4, 0.5) is 5.13 Å². The first-order valence-corrected chi connectivity index (χ1v) is 9.34. The summed E-state index contributed by atoms with van der Waals surface area (Å²) in [4.78, 5) is 20.5. The summed E-state index contributed by atoms with van der Waals surface area (Å²) in [5.41, 5.74) is 3.21. The van der Waals surface area contributed by atoms with E-state index in [2.05, 4.69) is 5.10 Å². The van der Waals surface area contributed by atoms with E-state index in [9.17, 15) is 4.79 Å². The molecule has 3 aromatic heterocycles. The fourth-order valence-corrected chi connectivity index (χ4v) is 4.37. The maximum atomic E-state index is 12.9. The van der Waals surface area contributed by atoms with Crippen LogP contribution in [0.5, 0.6) is 0 Å². The van der Waals surface area contributed by atoms with E-state index < -0.39 is 0 Å². The molecule has 1 aliphatic carbocycles. The molecule has 1 amide bonds. The van der Waals surface area contributed by atoms with Crippen LogP contribution in [0, 0.1) is 0 Å². The Morgan fingerprint density at radius 3 is 3.04 bits per heavy atom. The SMILES string of the molecule is CCN(C(=O)c1ccc(COC)o1)c1nc2c(s1)CCc1c-2cnn1C. The Hall–Kier alpha value is -2.45. The van der Waals surface area contributed by atoms with Gasteiger partial charge in [0, 0.05) is 36.8 Å². The number of anilines is 1. The number of thiazole rings is 1. The number of nitrogens with zero attached hydrogens (tertiary/aromatic N) is 4. The van der Waals surface area contributed by atoms with Gasteiger partial charge in [0.25, 0.3) is 5.91 Å². The summed E-state index contributed by atoms with van der Waals surface area (Å²) in [5.74, 6) is 0.742. The molecule has 3 aromatic rings. The highest BCUT2D eigenvalue weighted by atomic mass is 32.1. The first kappa shape index (κ1) is 17.0. The van der Waals surface area contributed by atoms with Gasteiger partial charge in [-0.25, -0.2) is 4.98 Å². The van der Waals surface area contributed by atoms with E-state index >= 15 is 0 Å². The number of rotatable bonds is 5. The highest BCUT2D eigenvalue weighted by Crippen LogP contribution is 2.39. The van der Waals surface area contributed by atoms with Crippen molar-refractivity contribution in [3.63, 3.8) is 0 Å². The number of aromatic nitrogens is 3. The van der Waals surface area contributed by atoms with Crippen LogP contribution in [0.1, 0.15) is 33.8 Å². The lowest BCUT2D eigenvalue weighted by atomic mass is 10.0. The van der Waals surface area contributed by atoms with E-state index in [4.69, 9.17) is 14.1 Å². The molecule has 0 aromatic carbocycles. The van der Waals surface area contributed by atoms with E-state index in [-0.39, 0.29) is 5.91 Å². The molecule has 7 nitrogen and oxygen atoms in total. The third-order valence-corrected chi connectivity index (χ3v) is 5.68. The monoisotopic (exact) mass is 372 g/mol. The van der Waals surface area contributed by atoms with Crippen LogP contribution in [-0.4, -0.2) is 34.3 Å². The molecule has 136 valence electrons. The molecule has 0 N–H and O–H groups in total. The minimum Gasteiger partial charge on any atom is -0.453 e. The first-order valence-electron chi connectivity index (χ1n) is 8.52. The zero-order chi connectivity index (χ0) is 18.3. The number of ether oxygens (including phenoxy) is 1. The quantitative estimate of drug-likeness (QED) is 0.688. The van der Waals surface area contributed by atoms with Gasteiger partial charge in [-0.2, -0.15) is 5.10 Å². The number of furan rings is 1. The van der Waals surface area contributed by atoms with Crippen LogP contribution in [-0.2, 0) is 31.2 Å². The fraction of sp³-hybridized carbons (Fsp3) is 0.389. The molecular formula is C18H20N4O3S. The third-order valence-electron chi connectivity index (χ3n) is 4.54. The van der Waals surface area contributed by atoms with Crippen LogP contribution < -0.4 is 4.90 Å². The van der Waals surface area contributed by atoms with Gasteiger partial charge in [0.2, 0.25) is 0 Å². The predicted octanol–water partition coefficient (Wildman–Crippen LogP) is 3.05. The molecule has 0 saturated carbocycles. The van der Waals surface area contributed by atoms with Gasteiger partial charge in [0.05, 0.1) is 11.9 Å². The number of aryl methyl sites for hydroxylation is 2. The minimum absolute atomic E-state index is 0.188. The van der Waals surface area contributed by atoms with Crippen molar-refractivity contribution in [2.45, 2.75) is 26.4 Å². The molecule has 0 spiro atoms. The number of carbonyl (C=O) groups is 1. The van der Waals surface area contributed by atoms with Crippen molar-refractivity contribution < 1.29 is 13.9 Å². The van der Waals surface area contributed by atoms with E-state index in [1.807, 2.05) is 24.9 Å². The highest BCUT2D eigenvalue weighted by molar-refractivity contribution is 7.16. The smallest absolute Gasteiger partial charge is 0.295 e. The van der Waals surface area contributed by atoms with Crippen molar-refractivity contribution in [1.29, 1.82) is 0 Å². The summed E-state index contributed by atoms with van der Waals surface area (Å²) in [5, 5.41) is 5.05. The number of methoxy groups -OCH3 is 1. The van der Waals surface area contributed by atoms with E-state index in [1.165, 1.54) is 10.6 Å². The standard InChI is InChI=1S/C18H20N4O3S/c1-4-22(17(23)14-7-5-11(25-14)10-24-3)18-20-16-12-9-19-21(2)13(12)6-8-15(16)26-18/h5,7,9H,4,6,8,10H2,1-3H3. The summed E-state index contributed by atoms with van der Waals surface area (Å²) in [7, 11) is 3.54. The molecule has 3 heterocycles. The zero-order valence-corrected chi connectivity index (χ0v) is 15.8. The number of fused-ring (bicyclic) bond motifs is 3. The van der Waals surface area contributed by atoms with Crippen molar-refractivity contribution in [3.05, 3.63) is 40.4 Å². The Bertz CT molecular complexity index is 956. The molecule has 0 bridgehead atoms. The summed E-state index contributed by atoms with van der Waals surface area (Å²) < 4.78 is 12.5. The van der Waals surface area contributed by atoms with Gasteiger partial charge in [0.15, 0.2) is 10.9 Å². The number of hydrogen-bond donors (Lipinski definition) is 0. The lowest BCUT2D eigenvalue weighted by Crippen LogP contribution is -2.30. The topological polar surface area (TPSA) is 73.4 Å². The maximum Gasteiger partial charge on any atom is 0.295 e. The Kier molecular flexibility index (Phi) is 4.37. The Labute approximate surface area is 155 Å². The Balaban J connectivity index is 1.65. The van der Waals surface area contributed by atoms with Crippen molar-refractivity contribution in [3.8, 4) is 11.3 Å². The third kappa shape index (κ3) is 2.75. The minimum atomic E-state index is -0.188. The molecule has 0 saturated heterocycles. The first-order chi connectivity index (χ1) is 12.6. The molecule has 0 unspecified atom stereocenters. The van der Waals surface area contributed by atoms with Gasteiger partial charge >= 0.3 is 0 Å². The Morgan fingerprint density at radius 1 is 1.42 bits per heavy atom. The Morgan fingerprint density at radius 2 is 2.27 bits per heavy atom. The number of carbonyl (C=O) groups excluding carboxylic acids is 1. The lowest BCUT2D eigenvalue weighted by Gasteiger charge is -2.16. The van der Waals surface area contributed by atoms with Gasteiger partial charge in [-0.15, -0.1) is 11.3 Å². The zero-order valence-electron chi connectivity index (χ0n) is 15.0. The molecule has 4 rings (SSSR count). The summed E-state index contributed by atoms with van der Waals surface area (Å²) in [6.07, 6.45) is 3.72. The average Bonchev–Trinajstić information content (AvgIpc) is 3.34. The molecule has 0 radical (unpaired) electrons. The van der Waals surface area contributed by atoms with Crippen LogP contribution in [0.2, 0.25) is 0 Å². The van der Waals surface area contributed by atoms with Crippen molar-refractivity contribution in [1.82, 2.24) is 14.8 Å². The molecule has 0 aliphatic heterocycles. The highest BCUT2D eigenvalue weighted by Gasteiger charge is 2.28. The van der Waals surface area contributed by atoms with Gasteiger partial charge < -0.3 is 9.15 Å². The molecule has 0 atom stereocenters. The van der Waals surface area contributed by atoms with Gasteiger partial charge in [-0.05, 0) is 31.9 Å². The predicted molar refractivity (Wildman–Crippen MR) is 98.5 cm³/mol. The summed E-state index contributed by atoms with van der Waals surface area (Å²) >= 11 is 1.57. The largest absolute Gasteiger partial charge is 0.453 e. The molecular weight excluding hydrogens is 352 g/mol. The average molecular weight is 372 g/mol. The van der Waals surface area contributed by atoms with Crippen molar-refractivity contribution in [2.75, 3.05) is 18.6 Å². The van der Waals surface area contributed by atoms with E-state index in [0.717, 1.165) is 24.1 Å². The lowest BCUT2D eigenvalue weighted by molar-refractivity contribution is 0.0952. The summed E-state index contributed by atoms with van der Waals surface area (Å²) in [6.45, 7) is 2.80. The van der Waals surface area contributed by atoms with Crippen LogP contribution in [0.15, 0.2) is 22.7 Å². The maximum absolute atomic E-state index is 12.9. The van der Waals surface area contributed by atoms with Crippen molar-refractivity contribution in [2.24, 2.45) is 7.05 Å². The van der Waals surface area contributed by atoms with Crippen LogP contribution in [0.3, 0.4) is 0 Å². The van der Waals surface area contributed by atoms with Gasteiger partial charge in [0.1, 0.15) is 12.4 Å². The second-order valence-corrected chi connectivity index (χ2v) is 7.21. The normalized spacial score (nSPS) is 12.7. The van der Waals surface area contributed by atoms with E-state index in [1.54, 1.807) is 35.5 Å². The number of hydrogen-bond acceptors (Lipinski definition) is 6. The summed E-state index contributed by atoms with van der Waals surface area (Å²) in [6, 6.07) is 3.45. The molecule has 0 fully saturated rings. The second-order valence-electron chi connectivity index (χ2n) is 6.15. The van der Waals surface area contributed by atoms with E-state index in [0.29, 0.717) is 29.8 Å². The number of amides is 1. The van der Waals surface area contributed by atoms with Gasteiger partial charge in [-0.3, -0.25) is 14.4 Å². The fourth-order valence-electron chi connectivity index (χ4n) is 3.24. The van der Waals surface area contributed by atoms with Crippen LogP contribution >= 0.6 is 11.3 Å². The molecule has 26 heavy (non-hydrogen) atoms.